The summed E-state index contributed by atoms with van der Waals surface area (Å²) in [6, 6.07) is 6.53. The van der Waals surface area contributed by atoms with E-state index in [0.717, 1.165) is 12.1 Å². The van der Waals surface area contributed by atoms with Gasteiger partial charge in [-0.3, -0.25) is 4.79 Å². The topological polar surface area (TPSA) is 60.5 Å². The Hall–Kier alpha value is -2.77. The molecule has 0 atom stereocenters. The van der Waals surface area contributed by atoms with E-state index in [2.05, 4.69) is 10.3 Å². The van der Waals surface area contributed by atoms with E-state index < -0.39 is 17.6 Å². The van der Waals surface area contributed by atoms with Crippen molar-refractivity contribution in [2.24, 2.45) is 0 Å². The Kier molecular flexibility index (Phi) is 3.36. The van der Waals surface area contributed by atoms with Gasteiger partial charge in [-0.2, -0.15) is 13.2 Å². The molecule has 0 fully saturated rings. The number of pyridine rings is 1. The smallest absolute Gasteiger partial charge is 0.417 e. The number of nitrogens with one attached hydrogen (secondary N) is 1. The van der Waals surface area contributed by atoms with Crippen LogP contribution in [0.2, 0.25) is 0 Å². The second kappa shape index (κ2) is 5.21. The molecule has 8 heteroatoms. The highest BCUT2D eigenvalue weighted by Gasteiger charge is 2.30. The first kappa shape index (κ1) is 14.2. The number of carbonyl (C=O) groups excluding carboxylic acids is 1. The number of fused-ring (bicyclic) bond motifs is 1. The largest absolute Gasteiger partial charge is 0.454 e. The van der Waals surface area contributed by atoms with Crippen LogP contribution in [-0.4, -0.2) is 17.7 Å². The second-order valence-corrected chi connectivity index (χ2v) is 4.45. The number of alkyl halides is 3. The lowest BCUT2D eigenvalue weighted by atomic mass is 10.2. The first-order valence-corrected chi connectivity index (χ1v) is 6.18. The van der Waals surface area contributed by atoms with Gasteiger partial charge in [0.05, 0.1) is 5.56 Å². The molecular weight excluding hydrogens is 301 g/mol. The summed E-state index contributed by atoms with van der Waals surface area (Å²) in [5.41, 5.74) is -0.598. The molecule has 114 valence electrons. The van der Waals surface area contributed by atoms with Crippen LogP contribution in [0.3, 0.4) is 0 Å². The Morgan fingerprint density at radius 2 is 1.91 bits per heavy atom. The zero-order chi connectivity index (χ0) is 15.7. The van der Waals surface area contributed by atoms with Crippen molar-refractivity contribution in [2.45, 2.75) is 6.18 Å². The summed E-state index contributed by atoms with van der Waals surface area (Å²) in [4.78, 5) is 15.6. The summed E-state index contributed by atoms with van der Waals surface area (Å²) in [6.07, 6.45) is -3.80. The van der Waals surface area contributed by atoms with E-state index in [-0.39, 0.29) is 18.2 Å². The van der Waals surface area contributed by atoms with Crippen LogP contribution in [0.1, 0.15) is 15.9 Å². The number of halogens is 3. The number of rotatable bonds is 2. The maximum Gasteiger partial charge on any atom is 0.417 e. The lowest BCUT2D eigenvalue weighted by Crippen LogP contribution is -2.13. The predicted molar refractivity (Wildman–Crippen MR) is 69.8 cm³/mol. The molecule has 1 aliphatic rings. The van der Waals surface area contributed by atoms with Crippen molar-refractivity contribution in [1.29, 1.82) is 0 Å². The minimum absolute atomic E-state index is 0.0238. The van der Waals surface area contributed by atoms with Crippen LogP contribution in [0.5, 0.6) is 11.5 Å². The minimum Gasteiger partial charge on any atom is -0.454 e. The van der Waals surface area contributed by atoms with Crippen LogP contribution in [0.25, 0.3) is 0 Å². The average molecular weight is 310 g/mol. The lowest BCUT2D eigenvalue weighted by molar-refractivity contribution is -0.137. The third kappa shape index (κ3) is 2.80. The fraction of sp³-hybridized carbons (Fsp3) is 0.143. The van der Waals surface area contributed by atoms with Crippen molar-refractivity contribution < 1.29 is 27.4 Å². The van der Waals surface area contributed by atoms with E-state index >= 15 is 0 Å². The van der Waals surface area contributed by atoms with Crippen LogP contribution in [0.15, 0.2) is 36.5 Å². The molecule has 5 nitrogen and oxygen atoms in total. The van der Waals surface area contributed by atoms with E-state index in [1.807, 2.05) is 0 Å². The van der Waals surface area contributed by atoms with Crippen LogP contribution in [0, 0.1) is 0 Å². The van der Waals surface area contributed by atoms with Gasteiger partial charge in [0.25, 0.3) is 5.91 Å². The number of aromatic nitrogens is 1. The van der Waals surface area contributed by atoms with E-state index in [0.29, 0.717) is 17.7 Å². The van der Waals surface area contributed by atoms with Gasteiger partial charge in [-0.15, -0.1) is 0 Å². The summed E-state index contributed by atoms with van der Waals surface area (Å²) < 4.78 is 47.5. The molecule has 22 heavy (non-hydrogen) atoms. The molecular formula is C14H9F3N2O3. The minimum atomic E-state index is -4.47. The van der Waals surface area contributed by atoms with Gasteiger partial charge in [0, 0.05) is 11.8 Å². The van der Waals surface area contributed by atoms with Gasteiger partial charge in [0.15, 0.2) is 11.5 Å². The first-order chi connectivity index (χ1) is 10.4. The summed E-state index contributed by atoms with van der Waals surface area (Å²) in [7, 11) is 0. The van der Waals surface area contributed by atoms with E-state index in [1.165, 1.54) is 12.1 Å². The van der Waals surface area contributed by atoms with Gasteiger partial charge in [0.1, 0.15) is 5.82 Å². The van der Waals surface area contributed by atoms with Crippen molar-refractivity contribution in [1.82, 2.24) is 4.98 Å². The molecule has 0 saturated carbocycles. The molecule has 0 unspecified atom stereocenters. The fourth-order valence-electron chi connectivity index (χ4n) is 1.86. The zero-order valence-corrected chi connectivity index (χ0v) is 11.0. The van der Waals surface area contributed by atoms with Crippen molar-refractivity contribution in [3.8, 4) is 11.5 Å². The highest BCUT2D eigenvalue weighted by Crippen LogP contribution is 2.33. The molecule has 0 bridgehead atoms. The monoisotopic (exact) mass is 310 g/mol. The predicted octanol–water partition coefficient (Wildman–Crippen LogP) is 3.08. The quantitative estimate of drug-likeness (QED) is 0.926. The van der Waals surface area contributed by atoms with Crippen LogP contribution in [-0.2, 0) is 6.18 Å². The second-order valence-electron chi connectivity index (χ2n) is 4.45. The molecule has 0 aliphatic carbocycles. The summed E-state index contributed by atoms with van der Waals surface area (Å²) in [5.74, 6) is 0.485. The van der Waals surface area contributed by atoms with Crippen molar-refractivity contribution in [3.63, 3.8) is 0 Å². The third-order valence-corrected chi connectivity index (χ3v) is 2.97. The van der Waals surface area contributed by atoms with E-state index in [4.69, 9.17) is 9.47 Å². The molecule has 1 amide bonds. The van der Waals surface area contributed by atoms with E-state index in [1.54, 1.807) is 6.07 Å². The van der Waals surface area contributed by atoms with Crippen LogP contribution in [0.4, 0.5) is 19.0 Å². The maximum atomic E-state index is 12.4. The number of hydrogen-bond acceptors (Lipinski definition) is 4. The van der Waals surface area contributed by atoms with Crippen LogP contribution >= 0.6 is 0 Å². The molecule has 0 radical (unpaired) electrons. The molecule has 1 N–H and O–H groups in total. The number of anilines is 1. The van der Waals surface area contributed by atoms with Gasteiger partial charge in [0.2, 0.25) is 6.79 Å². The number of ether oxygens (including phenoxy) is 2. The number of nitrogens with zero attached hydrogens (tertiary/aromatic N) is 1. The zero-order valence-electron chi connectivity index (χ0n) is 11.0. The van der Waals surface area contributed by atoms with Gasteiger partial charge >= 0.3 is 6.18 Å². The standard InChI is InChI=1S/C14H9F3N2O3/c15-14(16,17)9-2-4-12(18-6-9)19-13(20)8-1-3-10-11(5-8)22-7-21-10/h1-6H,7H2,(H,18,19,20). The SMILES string of the molecule is O=C(Nc1ccc(C(F)(F)F)cn1)c1ccc2c(c1)OCO2. The Bertz CT molecular complexity index is 714. The van der Waals surface area contributed by atoms with Crippen molar-refractivity contribution in [2.75, 3.05) is 12.1 Å². The molecule has 2 heterocycles. The maximum absolute atomic E-state index is 12.4. The number of benzene rings is 1. The molecule has 0 spiro atoms. The van der Waals surface area contributed by atoms with Crippen molar-refractivity contribution >= 4 is 11.7 Å². The van der Waals surface area contributed by atoms with Crippen LogP contribution < -0.4 is 14.8 Å². The normalized spacial score (nSPS) is 13.0. The Morgan fingerprint density at radius 3 is 2.59 bits per heavy atom. The Morgan fingerprint density at radius 1 is 1.14 bits per heavy atom. The molecule has 0 saturated heterocycles. The fourth-order valence-corrected chi connectivity index (χ4v) is 1.86. The third-order valence-electron chi connectivity index (χ3n) is 2.97. The highest BCUT2D eigenvalue weighted by molar-refractivity contribution is 6.04. The average Bonchev–Trinajstić information content (AvgIpc) is 2.94. The number of hydrogen-bond donors (Lipinski definition) is 1. The molecule has 3 rings (SSSR count). The molecule has 2 aromatic rings. The molecule has 1 aromatic heterocycles. The van der Waals surface area contributed by atoms with Gasteiger partial charge in [-0.1, -0.05) is 0 Å². The Labute approximate surface area is 122 Å². The molecule has 1 aromatic carbocycles. The lowest BCUT2D eigenvalue weighted by Gasteiger charge is -2.08. The van der Waals surface area contributed by atoms with Gasteiger partial charge < -0.3 is 14.8 Å². The Balaban J connectivity index is 1.74. The molecule has 1 aliphatic heterocycles. The first-order valence-electron chi connectivity index (χ1n) is 6.18. The summed E-state index contributed by atoms with van der Waals surface area (Å²) in [5, 5.41) is 2.41. The summed E-state index contributed by atoms with van der Waals surface area (Å²) in [6.45, 7) is 0.0842. The van der Waals surface area contributed by atoms with Gasteiger partial charge in [-0.25, -0.2) is 4.98 Å². The van der Waals surface area contributed by atoms with Crippen molar-refractivity contribution in [3.05, 3.63) is 47.7 Å². The summed E-state index contributed by atoms with van der Waals surface area (Å²) >= 11 is 0. The number of carbonyl (C=O) groups is 1. The highest BCUT2D eigenvalue weighted by atomic mass is 19.4. The van der Waals surface area contributed by atoms with Gasteiger partial charge in [-0.05, 0) is 30.3 Å². The number of amides is 1. The van der Waals surface area contributed by atoms with E-state index in [9.17, 15) is 18.0 Å².